The van der Waals surface area contributed by atoms with E-state index in [1.807, 2.05) is 6.92 Å². The Morgan fingerprint density at radius 3 is 2.52 bits per heavy atom. The standard InChI is InChI=1S/C13H14Cl2N4OS/c1-3-11-18-19-13(21-11)17-12(20)7(2)16-10-5-8(14)4-9(15)6-10/h4-7,16H,3H2,1-2H3,(H,17,19,20)/t7-/m0/s1. The van der Waals surface area contributed by atoms with Crippen molar-refractivity contribution in [3.05, 3.63) is 33.3 Å². The van der Waals surface area contributed by atoms with Crippen LogP contribution in [0.3, 0.4) is 0 Å². The van der Waals surface area contributed by atoms with Crippen molar-refractivity contribution in [3.8, 4) is 0 Å². The highest BCUT2D eigenvalue weighted by Gasteiger charge is 2.15. The van der Waals surface area contributed by atoms with Crippen LogP contribution in [-0.4, -0.2) is 22.1 Å². The first kappa shape index (κ1) is 16.0. The molecule has 1 aromatic heterocycles. The van der Waals surface area contributed by atoms with E-state index in [1.165, 1.54) is 11.3 Å². The molecule has 2 aromatic rings. The highest BCUT2D eigenvalue weighted by atomic mass is 35.5. The molecule has 1 heterocycles. The highest BCUT2D eigenvalue weighted by Crippen LogP contribution is 2.23. The van der Waals surface area contributed by atoms with E-state index in [0.717, 1.165) is 11.4 Å². The number of aromatic nitrogens is 2. The Kier molecular flexibility index (Phi) is 5.39. The molecular weight excluding hydrogens is 331 g/mol. The van der Waals surface area contributed by atoms with Crippen LogP contribution in [0, 0.1) is 0 Å². The molecule has 1 atom stereocenters. The lowest BCUT2D eigenvalue weighted by molar-refractivity contribution is -0.116. The normalized spacial score (nSPS) is 12.0. The van der Waals surface area contributed by atoms with Gasteiger partial charge in [0, 0.05) is 15.7 Å². The molecule has 1 aromatic carbocycles. The fraction of sp³-hybridized carbons (Fsp3) is 0.308. The molecule has 1 amide bonds. The third-order valence-electron chi connectivity index (χ3n) is 2.64. The topological polar surface area (TPSA) is 66.9 Å². The van der Waals surface area contributed by atoms with Gasteiger partial charge in [0.1, 0.15) is 11.0 Å². The van der Waals surface area contributed by atoms with Crippen LogP contribution in [0.5, 0.6) is 0 Å². The maximum atomic E-state index is 12.1. The van der Waals surface area contributed by atoms with E-state index in [0.29, 0.717) is 20.9 Å². The van der Waals surface area contributed by atoms with Crippen LogP contribution >= 0.6 is 34.5 Å². The summed E-state index contributed by atoms with van der Waals surface area (Å²) >= 11 is 13.2. The van der Waals surface area contributed by atoms with Crippen molar-refractivity contribution < 1.29 is 4.79 Å². The minimum Gasteiger partial charge on any atom is -0.374 e. The maximum Gasteiger partial charge on any atom is 0.248 e. The Morgan fingerprint density at radius 2 is 1.95 bits per heavy atom. The van der Waals surface area contributed by atoms with Crippen molar-refractivity contribution in [1.29, 1.82) is 0 Å². The molecule has 0 fully saturated rings. The summed E-state index contributed by atoms with van der Waals surface area (Å²) < 4.78 is 0. The van der Waals surface area contributed by atoms with Gasteiger partial charge in [-0.25, -0.2) is 0 Å². The number of benzene rings is 1. The van der Waals surface area contributed by atoms with E-state index in [-0.39, 0.29) is 5.91 Å². The lowest BCUT2D eigenvalue weighted by Gasteiger charge is -2.14. The Balaban J connectivity index is 1.98. The number of hydrogen-bond donors (Lipinski definition) is 2. The predicted molar refractivity (Wildman–Crippen MR) is 87.5 cm³/mol. The van der Waals surface area contributed by atoms with Crippen LogP contribution in [0.1, 0.15) is 18.9 Å². The van der Waals surface area contributed by atoms with Gasteiger partial charge in [0.2, 0.25) is 11.0 Å². The molecule has 21 heavy (non-hydrogen) atoms. The van der Waals surface area contributed by atoms with E-state index in [4.69, 9.17) is 23.2 Å². The van der Waals surface area contributed by atoms with Gasteiger partial charge in [-0.3, -0.25) is 10.1 Å². The molecule has 8 heteroatoms. The molecule has 0 saturated carbocycles. The Bertz CT molecular complexity index is 627. The summed E-state index contributed by atoms with van der Waals surface area (Å²) in [6.45, 7) is 3.73. The lowest BCUT2D eigenvalue weighted by atomic mass is 10.2. The number of anilines is 2. The van der Waals surface area contributed by atoms with Gasteiger partial charge in [-0.15, -0.1) is 10.2 Å². The van der Waals surface area contributed by atoms with Gasteiger partial charge < -0.3 is 5.32 Å². The molecule has 5 nitrogen and oxygen atoms in total. The third kappa shape index (κ3) is 4.56. The average molecular weight is 345 g/mol. The molecule has 112 valence electrons. The van der Waals surface area contributed by atoms with Crippen molar-refractivity contribution in [2.45, 2.75) is 26.3 Å². The molecular formula is C13H14Cl2N4OS. The van der Waals surface area contributed by atoms with E-state index >= 15 is 0 Å². The van der Waals surface area contributed by atoms with Gasteiger partial charge in [-0.05, 0) is 31.5 Å². The molecule has 0 aliphatic carbocycles. The molecule has 0 saturated heterocycles. The summed E-state index contributed by atoms with van der Waals surface area (Å²) in [5, 5.41) is 16.0. The Labute approximate surface area is 136 Å². The quantitative estimate of drug-likeness (QED) is 0.864. The number of amides is 1. The van der Waals surface area contributed by atoms with Crippen molar-refractivity contribution in [1.82, 2.24) is 10.2 Å². The third-order valence-corrected chi connectivity index (χ3v) is 4.06. The summed E-state index contributed by atoms with van der Waals surface area (Å²) in [5.74, 6) is -0.204. The SMILES string of the molecule is CCc1nnc(NC(=O)[C@H](C)Nc2cc(Cl)cc(Cl)c2)s1. The number of carbonyl (C=O) groups excluding carboxylic acids is 1. The largest absolute Gasteiger partial charge is 0.374 e. The van der Waals surface area contributed by atoms with Crippen molar-refractivity contribution in [2.75, 3.05) is 10.6 Å². The van der Waals surface area contributed by atoms with Crippen molar-refractivity contribution in [3.63, 3.8) is 0 Å². The van der Waals surface area contributed by atoms with Crippen LogP contribution in [0.4, 0.5) is 10.8 Å². The van der Waals surface area contributed by atoms with E-state index in [2.05, 4.69) is 20.8 Å². The zero-order valence-electron chi connectivity index (χ0n) is 11.5. The molecule has 0 aliphatic heterocycles. The minimum atomic E-state index is -0.464. The molecule has 0 spiro atoms. The number of nitrogens with zero attached hydrogens (tertiary/aromatic N) is 2. The monoisotopic (exact) mass is 344 g/mol. The summed E-state index contributed by atoms with van der Waals surface area (Å²) in [7, 11) is 0. The van der Waals surface area contributed by atoms with Crippen LogP contribution in [0.25, 0.3) is 0 Å². The first-order valence-corrected chi connectivity index (χ1v) is 7.91. The summed E-state index contributed by atoms with van der Waals surface area (Å²) in [5.41, 5.74) is 0.682. The van der Waals surface area contributed by atoms with E-state index in [1.54, 1.807) is 25.1 Å². The van der Waals surface area contributed by atoms with Crippen LogP contribution in [0.2, 0.25) is 10.0 Å². The Hall–Kier alpha value is -1.37. The molecule has 0 unspecified atom stereocenters. The van der Waals surface area contributed by atoms with Crippen LogP contribution in [0.15, 0.2) is 18.2 Å². The van der Waals surface area contributed by atoms with E-state index < -0.39 is 6.04 Å². The van der Waals surface area contributed by atoms with E-state index in [9.17, 15) is 4.79 Å². The van der Waals surface area contributed by atoms with Gasteiger partial charge in [-0.2, -0.15) is 0 Å². The van der Waals surface area contributed by atoms with Crippen LogP contribution in [-0.2, 0) is 11.2 Å². The number of aryl methyl sites for hydroxylation is 1. The second kappa shape index (κ2) is 7.06. The molecule has 2 rings (SSSR count). The first-order valence-electron chi connectivity index (χ1n) is 6.33. The highest BCUT2D eigenvalue weighted by molar-refractivity contribution is 7.15. The summed E-state index contributed by atoms with van der Waals surface area (Å²) in [4.78, 5) is 12.1. The van der Waals surface area contributed by atoms with Crippen molar-refractivity contribution >= 4 is 51.3 Å². The van der Waals surface area contributed by atoms with Crippen molar-refractivity contribution in [2.24, 2.45) is 0 Å². The van der Waals surface area contributed by atoms with Gasteiger partial charge in [0.15, 0.2) is 0 Å². The number of hydrogen-bond acceptors (Lipinski definition) is 5. The number of nitrogens with one attached hydrogen (secondary N) is 2. The number of rotatable bonds is 5. The maximum absolute atomic E-state index is 12.1. The van der Waals surface area contributed by atoms with Crippen LogP contribution < -0.4 is 10.6 Å². The zero-order chi connectivity index (χ0) is 15.4. The lowest BCUT2D eigenvalue weighted by Crippen LogP contribution is -2.31. The van der Waals surface area contributed by atoms with Gasteiger partial charge in [-0.1, -0.05) is 41.5 Å². The second-order valence-corrected chi connectivity index (χ2v) is 6.30. The molecule has 0 bridgehead atoms. The Morgan fingerprint density at radius 1 is 1.29 bits per heavy atom. The number of carbonyl (C=O) groups is 1. The summed E-state index contributed by atoms with van der Waals surface area (Å²) in [6, 6.07) is 4.58. The molecule has 0 aliphatic rings. The molecule has 0 radical (unpaired) electrons. The fourth-order valence-electron chi connectivity index (χ4n) is 1.61. The zero-order valence-corrected chi connectivity index (χ0v) is 13.8. The van der Waals surface area contributed by atoms with Gasteiger partial charge in [0.25, 0.3) is 0 Å². The fourth-order valence-corrected chi connectivity index (χ4v) is 2.82. The van der Waals surface area contributed by atoms with Gasteiger partial charge in [0.05, 0.1) is 0 Å². The smallest absolute Gasteiger partial charge is 0.248 e. The molecule has 2 N–H and O–H groups in total. The average Bonchev–Trinajstić information content (AvgIpc) is 2.85. The number of halogens is 2. The second-order valence-electron chi connectivity index (χ2n) is 4.37. The minimum absolute atomic E-state index is 0.204. The summed E-state index contributed by atoms with van der Waals surface area (Å²) in [6.07, 6.45) is 0.794. The predicted octanol–water partition coefficient (Wildman–Crippen LogP) is 3.85. The van der Waals surface area contributed by atoms with Gasteiger partial charge >= 0.3 is 0 Å². The first-order chi connectivity index (χ1) is 9.97.